The van der Waals surface area contributed by atoms with Crippen molar-refractivity contribution >= 4 is 23.4 Å². The van der Waals surface area contributed by atoms with Gasteiger partial charge in [-0.3, -0.25) is 14.6 Å². The van der Waals surface area contributed by atoms with E-state index in [1.54, 1.807) is 17.0 Å². The average Bonchev–Trinajstić information content (AvgIpc) is 3.37. The molecule has 0 atom stereocenters. The molecule has 5 nitrogen and oxygen atoms in total. The molecule has 0 radical (unpaired) electrons. The number of alkyl halides is 3. The van der Waals surface area contributed by atoms with Crippen LogP contribution >= 0.6 is 11.6 Å². The molecule has 182 valence electrons. The van der Waals surface area contributed by atoms with Crippen molar-refractivity contribution in [3.05, 3.63) is 87.7 Å². The highest BCUT2D eigenvalue weighted by atomic mass is 35.5. The van der Waals surface area contributed by atoms with Gasteiger partial charge in [-0.2, -0.15) is 13.2 Å². The average molecular weight is 502 g/mol. The summed E-state index contributed by atoms with van der Waals surface area (Å²) < 4.78 is 38.6. The number of carbonyl (C=O) groups is 2. The maximum atomic E-state index is 13.1. The van der Waals surface area contributed by atoms with Crippen molar-refractivity contribution < 1.29 is 22.8 Å². The lowest BCUT2D eigenvalue weighted by molar-refractivity contribution is -0.137. The first-order valence-corrected chi connectivity index (χ1v) is 11.5. The molecule has 3 aromatic rings. The highest BCUT2D eigenvalue weighted by Gasteiger charge is 2.31. The Kier molecular flexibility index (Phi) is 7.12. The van der Waals surface area contributed by atoms with Crippen LogP contribution in [0.3, 0.4) is 0 Å². The first-order chi connectivity index (χ1) is 16.6. The van der Waals surface area contributed by atoms with Gasteiger partial charge in [0.05, 0.1) is 22.8 Å². The molecule has 2 heterocycles. The predicted octanol–water partition coefficient (Wildman–Crippen LogP) is 5.90. The molecule has 4 rings (SSSR count). The zero-order chi connectivity index (χ0) is 25.2. The van der Waals surface area contributed by atoms with E-state index in [4.69, 9.17) is 11.6 Å². The monoisotopic (exact) mass is 501 g/mol. The number of carbonyl (C=O) groups excluding carboxylic acids is 2. The van der Waals surface area contributed by atoms with E-state index in [9.17, 15) is 22.8 Å². The van der Waals surface area contributed by atoms with Gasteiger partial charge >= 0.3 is 6.18 Å². The van der Waals surface area contributed by atoms with Gasteiger partial charge in [-0.15, -0.1) is 0 Å². The number of pyridine rings is 1. The number of benzene rings is 2. The van der Waals surface area contributed by atoms with Gasteiger partial charge in [-0.05, 0) is 55.2 Å². The Morgan fingerprint density at radius 3 is 2.29 bits per heavy atom. The molecule has 2 amide bonds. The van der Waals surface area contributed by atoms with Crippen LogP contribution in [0, 0.1) is 6.92 Å². The van der Waals surface area contributed by atoms with Crippen LogP contribution in [0.15, 0.2) is 54.7 Å². The second-order valence-corrected chi connectivity index (χ2v) is 8.90. The van der Waals surface area contributed by atoms with E-state index in [1.165, 1.54) is 6.07 Å². The van der Waals surface area contributed by atoms with Crippen molar-refractivity contribution in [3.63, 3.8) is 0 Å². The van der Waals surface area contributed by atoms with Crippen LogP contribution in [0.1, 0.15) is 50.4 Å². The number of likely N-dealkylation sites (tertiary alicyclic amines) is 1. The number of nitrogens with zero attached hydrogens (tertiary/aromatic N) is 2. The minimum absolute atomic E-state index is 0.107. The number of hydrogen-bond acceptors (Lipinski definition) is 3. The zero-order valence-corrected chi connectivity index (χ0v) is 19.7. The Morgan fingerprint density at radius 2 is 1.66 bits per heavy atom. The fourth-order valence-corrected chi connectivity index (χ4v) is 4.15. The number of aromatic nitrogens is 1. The molecule has 1 aromatic heterocycles. The Balaban J connectivity index is 1.60. The minimum Gasteiger partial charge on any atom is -0.346 e. The van der Waals surface area contributed by atoms with Crippen molar-refractivity contribution in [1.82, 2.24) is 15.2 Å². The van der Waals surface area contributed by atoms with Gasteiger partial charge in [0.1, 0.15) is 0 Å². The van der Waals surface area contributed by atoms with E-state index in [0.717, 1.165) is 30.0 Å². The summed E-state index contributed by atoms with van der Waals surface area (Å²) in [6.07, 6.45) is -2.00. The van der Waals surface area contributed by atoms with Crippen LogP contribution in [0.2, 0.25) is 5.02 Å². The van der Waals surface area contributed by atoms with E-state index < -0.39 is 17.6 Å². The van der Waals surface area contributed by atoms with E-state index in [0.29, 0.717) is 30.4 Å². The summed E-state index contributed by atoms with van der Waals surface area (Å²) in [5, 5.41) is 2.45. The van der Waals surface area contributed by atoms with Crippen molar-refractivity contribution in [3.8, 4) is 11.1 Å². The summed E-state index contributed by atoms with van der Waals surface area (Å²) in [5.74, 6) is -0.634. The Labute approximate surface area is 205 Å². The molecule has 1 saturated heterocycles. The van der Waals surface area contributed by atoms with Crippen LogP contribution in [0.4, 0.5) is 13.2 Å². The number of rotatable bonds is 5. The fraction of sp³-hybridized carbons (Fsp3) is 0.269. The van der Waals surface area contributed by atoms with E-state index in [1.807, 2.05) is 31.2 Å². The molecule has 0 spiro atoms. The second-order valence-electron chi connectivity index (χ2n) is 8.50. The van der Waals surface area contributed by atoms with Crippen LogP contribution < -0.4 is 5.32 Å². The SMILES string of the molecule is Cc1ccc(-c2cc(C(=O)NCc3ncc(C(F)(F)F)cc3Cl)cc(C(=O)N3CCCC3)c2)cc1. The number of hydrogen-bond donors (Lipinski definition) is 1. The van der Waals surface area contributed by atoms with Gasteiger partial charge in [0.2, 0.25) is 0 Å². The lowest BCUT2D eigenvalue weighted by Crippen LogP contribution is -2.28. The second kappa shape index (κ2) is 10.1. The van der Waals surface area contributed by atoms with Crippen molar-refractivity contribution in [2.45, 2.75) is 32.5 Å². The van der Waals surface area contributed by atoms with Gasteiger partial charge in [0, 0.05) is 30.4 Å². The Hall–Kier alpha value is -3.39. The van der Waals surface area contributed by atoms with Gasteiger partial charge in [0.15, 0.2) is 0 Å². The van der Waals surface area contributed by atoms with Crippen LogP contribution in [-0.4, -0.2) is 34.8 Å². The zero-order valence-electron chi connectivity index (χ0n) is 19.0. The van der Waals surface area contributed by atoms with Crippen LogP contribution in [0.5, 0.6) is 0 Å². The first kappa shape index (κ1) is 24.7. The standard InChI is InChI=1S/C26H23ClF3N3O2/c1-16-4-6-17(7-5-16)18-10-19(12-20(11-18)25(35)33-8-2-3-9-33)24(34)32-15-23-22(27)13-21(14-31-23)26(28,29)30/h4-7,10-14H,2-3,8-9,15H2,1H3,(H,32,34). The normalized spacial score (nSPS) is 13.7. The lowest BCUT2D eigenvalue weighted by Gasteiger charge is -2.17. The third kappa shape index (κ3) is 5.82. The molecule has 0 aliphatic carbocycles. The summed E-state index contributed by atoms with van der Waals surface area (Å²) in [6, 6.07) is 13.5. The molecule has 1 N–H and O–H groups in total. The smallest absolute Gasteiger partial charge is 0.346 e. The largest absolute Gasteiger partial charge is 0.417 e. The molecule has 9 heteroatoms. The maximum Gasteiger partial charge on any atom is 0.417 e. The summed E-state index contributed by atoms with van der Waals surface area (Å²) >= 11 is 5.96. The minimum atomic E-state index is -4.56. The molecule has 0 saturated carbocycles. The molecule has 2 aromatic carbocycles. The highest BCUT2D eigenvalue weighted by molar-refractivity contribution is 6.31. The molecule has 0 unspecified atom stereocenters. The summed E-state index contributed by atoms with van der Waals surface area (Å²) in [6.45, 7) is 3.15. The summed E-state index contributed by atoms with van der Waals surface area (Å²) in [7, 11) is 0. The van der Waals surface area contributed by atoms with Crippen LogP contribution in [-0.2, 0) is 12.7 Å². The molecule has 1 aliphatic heterocycles. The number of aryl methyl sites for hydroxylation is 1. The highest BCUT2D eigenvalue weighted by Crippen LogP contribution is 2.31. The number of amides is 2. The Bertz CT molecular complexity index is 1250. The van der Waals surface area contributed by atoms with E-state index >= 15 is 0 Å². The number of halogens is 4. The predicted molar refractivity (Wildman–Crippen MR) is 127 cm³/mol. The third-order valence-electron chi connectivity index (χ3n) is 5.88. The molecular weight excluding hydrogens is 479 g/mol. The van der Waals surface area contributed by atoms with Gasteiger partial charge in [-0.25, -0.2) is 0 Å². The molecule has 0 bridgehead atoms. The van der Waals surface area contributed by atoms with Crippen molar-refractivity contribution in [1.29, 1.82) is 0 Å². The van der Waals surface area contributed by atoms with E-state index in [-0.39, 0.29) is 28.7 Å². The maximum absolute atomic E-state index is 13.1. The van der Waals surface area contributed by atoms with E-state index in [2.05, 4.69) is 10.3 Å². The third-order valence-corrected chi connectivity index (χ3v) is 6.21. The number of nitrogens with one attached hydrogen (secondary N) is 1. The molecule has 1 fully saturated rings. The summed E-state index contributed by atoms with van der Waals surface area (Å²) in [4.78, 5) is 31.6. The van der Waals surface area contributed by atoms with Crippen molar-refractivity contribution in [2.24, 2.45) is 0 Å². The van der Waals surface area contributed by atoms with Gasteiger partial charge in [-0.1, -0.05) is 41.4 Å². The first-order valence-electron chi connectivity index (χ1n) is 11.1. The molecule has 1 aliphatic rings. The summed E-state index contributed by atoms with van der Waals surface area (Å²) in [5.41, 5.74) is 2.45. The van der Waals surface area contributed by atoms with Crippen molar-refractivity contribution in [2.75, 3.05) is 13.1 Å². The van der Waals surface area contributed by atoms with Gasteiger partial charge < -0.3 is 10.2 Å². The molecular formula is C26H23ClF3N3O2. The Morgan fingerprint density at radius 1 is 1.00 bits per heavy atom. The quantitative estimate of drug-likeness (QED) is 0.474. The lowest BCUT2D eigenvalue weighted by atomic mass is 9.98. The van der Waals surface area contributed by atoms with Crippen LogP contribution in [0.25, 0.3) is 11.1 Å². The topological polar surface area (TPSA) is 62.3 Å². The molecule has 35 heavy (non-hydrogen) atoms. The fourth-order valence-electron chi connectivity index (χ4n) is 3.92. The van der Waals surface area contributed by atoms with Gasteiger partial charge in [0.25, 0.3) is 11.8 Å².